The predicted molar refractivity (Wildman–Crippen MR) is 117 cm³/mol. The highest BCUT2D eigenvalue weighted by atomic mass is 32.1. The van der Waals surface area contributed by atoms with Crippen molar-refractivity contribution in [3.05, 3.63) is 34.3 Å². The largest absolute Gasteiger partial charge is 0.351 e. The van der Waals surface area contributed by atoms with E-state index in [4.69, 9.17) is 0 Å². The number of nitrogens with zero attached hydrogens (tertiary/aromatic N) is 2. The molecule has 6 heteroatoms. The molecule has 0 aromatic carbocycles. The average molecular weight is 406 g/mol. The molecule has 0 aliphatic carbocycles. The molecular formula is C21H31N3OS2. The Morgan fingerprint density at radius 3 is 2.70 bits per heavy atom. The summed E-state index contributed by atoms with van der Waals surface area (Å²) in [7, 11) is 0. The summed E-state index contributed by atoms with van der Waals surface area (Å²) >= 11 is 3.16. The number of unbranched alkanes of at least 4 members (excludes halogenated alkanes) is 4. The smallest absolute Gasteiger partial charge is 0.271 e. The molecule has 0 unspecified atom stereocenters. The zero-order valence-electron chi connectivity index (χ0n) is 16.7. The highest BCUT2D eigenvalue weighted by Crippen LogP contribution is 2.31. The molecule has 0 radical (unpaired) electrons. The summed E-state index contributed by atoms with van der Waals surface area (Å²) in [4.78, 5) is 22.6. The van der Waals surface area contributed by atoms with Crippen molar-refractivity contribution in [2.75, 3.05) is 6.54 Å². The van der Waals surface area contributed by atoms with Crippen LogP contribution in [0.3, 0.4) is 0 Å². The van der Waals surface area contributed by atoms with Gasteiger partial charge in [0.1, 0.15) is 5.69 Å². The summed E-state index contributed by atoms with van der Waals surface area (Å²) in [6.45, 7) is 7.24. The molecule has 2 aromatic heterocycles. The van der Waals surface area contributed by atoms with Crippen LogP contribution in [0.1, 0.15) is 74.7 Å². The normalized spacial score (nSPS) is 11.6. The van der Waals surface area contributed by atoms with Crippen LogP contribution in [0.5, 0.6) is 0 Å². The zero-order chi connectivity index (χ0) is 19.5. The number of carbonyl (C=O) groups is 1. The first-order chi connectivity index (χ1) is 13.1. The molecule has 0 aliphatic heterocycles. The molecule has 2 heterocycles. The topological polar surface area (TPSA) is 54.9 Å². The first kappa shape index (κ1) is 21.8. The van der Waals surface area contributed by atoms with E-state index in [9.17, 15) is 4.79 Å². The van der Waals surface area contributed by atoms with Gasteiger partial charge < -0.3 is 5.32 Å². The maximum absolute atomic E-state index is 12.6. The predicted octanol–water partition coefficient (Wildman–Crippen LogP) is 6.11. The molecule has 4 nitrogen and oxygen atoms in total. The highest BCUT2D eigenvalue weighted by molar-refractivity contribution is 7.20. The van der Waals surface area contributed by atoms with E-state index < -0.39 is 0 Å². The minimum Gasteiger partial charge on any atom is -0.351 e. The number of rotatable bonds is 12. The molecule has 2 rings (SSSR count). The van der Waals surface area contributed by atoms with E-state index in [0.717, 1.165) is 40.6 Å². The Labute approximate surface area is 171 Å². The van der Waals surface area contributed by atoms with Gasteiger partial charge >= 0.3 is 0 Å². The third kappa shape index (κ3) is 7.54. The van der Waals surface area contributed by atoms with Gasteiger partial charge in [-0.2, -0.15) is 0 Å². The van der Waals surface area contributed by atoms with Gasteiger partial charge in [0.05, 0.1) is 0 Å². The van der Waals surface area contributed by atoms with E-state index >= 15 is 0 Å². The van der Waals surface area contributed by atoms with Gasteiger partial charge in [-0.15, -0.1) is 22.7 Å². The second-order valence-electron chi connectivity index (χ2n) is 7.09. The summed E-state index contributed by atoms with van der Waals surface area (Å²) in [6, 6.07) is 0. The monoisotopic (exact) mass is 405 g/mol. The van der Waals surface area contributed by atoms with Crippen LogP contribution in [-0.2, 0) is 6.42 Å². The molecule has 2 aromatic rings. The Balaban J connectivity index is 1.84. The Morgan fingerprint density at radius 1 is 1.19 bits per heavy atom. The number of thiazole rings is 2. The maximum atomic E-state index is 12.6. The number of amides is 1. The SMILES string of the molecule is CCC/C=C/CCCCCNC(=O)c1nc(-c2nccs2)sc1CC(C)C. The van der Waals surface area contributed by atoms with Crippen LogP contribution in [0.25, 0.3) is 10.0 Å². The van der Waals surface area contributed by atoms with E-state index in [1.807, 2.05) is 5.38 Å². The third-order valence-electron chi connectivity index (χ3n) is 4.08. The van der Waals surface area contributed by atoms with Crippen molar-refractivity contribution >= 4 is 28.6 Å². The molecule has 1 amide bonds. The van der Waals surface area contributed by atoms with Crippen LogP contribution in [0.2, 0.25) is 0 Å². The second kappa shape index (κ2) is 12.0. The van der Waals surface area contributed by atoms with Gasteiger partial charge in [0.2, 0.25) is 0 Å². The van der Waals surface area contributed by atoms with Gasteiger partial charge in [-0.25, -0.2) is 9.97 Å². The number of hydrogen-bond acceptors (Lipinski definition) is 5. The molecule has 148 valence electrons. The van der Waals surface area contributed by atoms with Gasteiger partial charge in [0.15, 0.2) is 10.0 Å². The summed E-state index contributed by atoms with van der Waals surface area (Å²) in [5.74, 6) is 0.439. The van der Waals surface area contributed by atoms with Gasteiger partial charge in [-0.1, -0.05) is 45.8 Å². The Kier molecular flexibility index (Phi) is 9.70. The Morgan fingerprint density at radius 2 is 2.00 bits per heavy atom. The fraction of sp³-hybridized carbons (Fsp3) is 0.571. The molecular weight excluding hydrogens is 374 g/mol. The van der Waals surface area contributed by atoms with Gasteiger partial charge in [-0.05, 0) is 38.0 Å². The molecule has 0 bridgehead atoms. The molecule has 0 aliphatic rings. The number of carbonyl (C=O) groups excluding carboxylic acids is 1. The van der Waals surface area contributed by atoms with Crippen molar-refractivity contribution in [3.63, 3.8) is 0 Å². The standard InChI is InChI=1S/C21H31N3OS2/c1-4-5-6-7-8-9-10-11-12-22-19(25)18-17(15-16(2)3)27-21(24-18)20-23-13-14-26-20/h6-7,13-14,16H,4-5,8-12,15H2,1-3H3,(H,22,25)/b7-6+. The van der Waals surface area contributed by atoms with E-state index in [-0.39, 0.29) is 5.91 Å². The molecule has 1 N–H and O–H groups in total. The van der Waals surface area contributed by atoms with Crippen molar-refractivity contribution in [1.82, 2.24) is 15.3 Å². The Hall–Kier alpha value is -1.53. The highest BCUT2D eigenvalue weighted by Gasteiger charge is 2.20. The van der Waals surface area contributed by atoms with E-state index in [0.29, 0.717) is 18.2 Å². The van der Waals surface area contributed by atoms with Crippen molar-refractivity contribution < 1.29 is 4.79 Å². The van der Waals surface area contributed by atoms with Crippen molar-refractivity contribution in [2.45, 2.75) is 65.7 Å². The molecule has 27 heavy (non-hydrogen) atoms. The fourth-order valence-electron chi connectivity index (χ4n) is 2.71. The summed E-state index contributed by atoms with van der Waals surface area (Å²) in [5.41, 5.74) is 0.585. The minimum absolute atomic E-state index is 0.0486. The van der Waals surface area contributed by atoms with Crippen LogP contribution in [0.4, 0.5) is 0 Å². The van der Waals surface area contributed by atoms with Crippen LogP contribution < -0.4 is 5.32 Å². The number of hydrogen-bond donors (Lipinski definition) is 1. The average Bonchev–Trinajstić information content (AvgIpc) is 3.29. The van der Waals surface area contributed by atoms with Gasteiger partial charge in [-0.3, -0.25) is 4.79 Å². The molecule has 0 atom stereocenters. The van der Waals surface area contributed by atoms with Crippen LogP contribution in [0, 0.1) is 5.92 Å². The lowest BCUT2D eigenvalue weighted by molar-refractivity contribution is 0.0947. The minimum atomic E-state index is -0.0486. The number of aromatic nitrogens is 2. The maximum Gasteiger partial charge on any atom is 0.271 e. The van der Waals surface area contributed by atoms with Crippen LogP contribution in [0.15, 0.2) is 23.7 Å². The Bertz CT molecular complexity index is 705. The summed E-state index contributed by atoms with van der Waals surface area (Å²) in [6.07, 6.45) is 14.0. The lowest BCUT2D eigenvalue weighted by Gasteiger charge is -2.06. The molecule has 0 saturated heterocycles. The second-order valence-corrected chi connectivity index (χ2v) is 9.07. The van der Waals surface area contributed by atoms with Gasteiger partial charge in [0, 0.05) is 23.0 Å². The quantitative estimate of drug-likeness (QED) is 0.342. The summed E-state index contributed by atoms with van der Waals surface area (Å²) < 4.78 is 0. The lowest BCUT2D eigenvalue weighted by Crippen LogP contribution is -2.25. The van der Waals surface area contributed by atoms with Crippen molar-refractivity contribution in [2.24, 2.45) is 5.92 Å². The van der Waals surface area contributed by atoms with Gasteiger partial charge in [0.25, 0.3) is 5.91 Å². The van der Waals surface area contributed by atoms with Crippen molar-refractivity contribution in [3.8, 4) is 10.0 Å². The molecule has 0 spiro atoms. The first-order valence-electron chi connectivity index (χ1n) is 9.94. The lowest BCUT2D eigenvalue weighted by atomic mass is 10.1. The summed E-state index contributed by atoms with van der Waals surface area (Å²) in [5, 5.41) is 6.73. The van der Waals surface area contributed by atoms with E-state index in [2.05, 4.69) is 48.2 Å². The molecule has 0 saturated carbocycles. The van der Waals surface area contributed by atoms with Crippen molar-refractivity contribution in [1.29, 1.82) is 0 Å². The number of allylic oxidation sites excluding steroid dienone is 2. The van der Waals surface area contributed by atoms with Crippen LogP contribution >= 0.6 is 22.7 Å². The zero-order valence-corrected chi connectivity index (χ0v) is 18.3. The van der Waals surface area contributed by atoms with E-state index in [1.54, 1.807) is 28.9 Å². The first-order valence-corrected chi connectivity index (χ1v) is 11.6. The van der Waals surface area contributed by atoms with E-state index in [1.165, 1.54) is 19.3 Å². The molecule has 0 fully saturated rings. The fourth-order valence-corrected chi connectivity index (χ4v) is 4.66. The number of nitrogens with one attached hydrogen (secondary N) is 1. The van der Waals surface area contributed by atoms with Crippen LogP contribution in [-0.4, -0.2) is 22.4 Å². The third-order valence-corrected chi connectivity index (χ3v) is 6.07.